The molecule has 0 amide bonds. The highest BCUT2D eigenvalue weighted by Crippen LogP contribution is 2.34. The van der Waals surface area contributed by atoms with Gasteiger partial charge < -0.3 is 24.9 Å². The predicted octanol–water partition coefficient (Wildman–Crippen LogP) is 4.98. The first-order chi connectivity index (χ1) is 18.2. The molecule has 0 radical (unpaired) electrons. The van der Waals surface area contributed by atoms with E-state index in [0.29, 0.717) is 5.89 Å². The highest BCUT2D eigenvalue weighted by Gasteiger charge is 2.30. The number of pyridine rings is 2. The van der Waals surface area contributed by atoms with Crippen molar-refractivity contribution in [3.05, 3.63) is 72.0 Å². The van der Waals surface area contributed by atoms with Gasteiger partial charge in [0.25, 0.3) is 0 Å². The Morgan fingerprint density at radius 1 is 1.16 bits per heavy atom. The molecular weight excluding hydrogens is 521 g/mol. The third-order valence-corrected chi connectivity index (χ3v) is 6.60. The molecule has 0 saturated heterocycles. The molecule has 0 saturated carbocycles. The van der Waals surface area contributed by atoms with E-state index in [9.17, 15) is 13.2 Å². The van der Waals surface area contributed by atoms with Crippen molar-refractivity contribution < 1.29 is 27.1 Å². The summed E-state index contributed by atoms with van der Waals surface area (Å²) in [5, 5.41) is 3.33. The summed E-state index contributed by atoms with van der Waals surface area (Å²) in [6.45, 7) is 2.06. The molecule has 3 N–H and O–H groups in total. The third-order valence-electron chi connectivity index (χ3n) is 5.45. The van der Waals surface area contributed by atoms with Crippen LogP contribution in [-0.4, -0.2) is 45.6 Å². The van der Waals surface area contributed by atoms with Crippen LogP contribution in [0.3, 0.4) is 0 Å². The summed E-state index contributed by atoms with van der Waals surface area (Å²) in [6.07, 6.45) is 5.37. The van der Waals surface area contributed by atoms with Gasteiger partial charge in [0.1, 0.15) is 17.5 Å². The van der Waals surface area contributed by atoms with E-state index in [2.05, 4.69) is 25.3 Å². The molecule has 38 heavy (non-hydrogen) atoms. The van der Waals surface area contributed by atoms with Gasteiger partial charge in [-0.3, -0.25) is 4.99 Å². The van der Waals surface area contributed by atoms with Crippen LogP contribution in [0.15, 0.2) is 52.5 Å². The minimum atomic E-state index is -1.06. The van der Waals surface area contributed by atoms with E-state index in [1.165, 1.54) is 49.7 Å². The average Bonchev–Trinajstić information content (AvgIpc) is 3.41. The maximum atomic E-state index is 14.8. The first-order valence-corrected chi connectivity index (χ1v) is 12.1. The predicted molar refractivity (Wildman–Crippen MR) is 139 cm³/mol. The number of aromatic nitrogens is 3. The van der Waals surface area contributed by atoms with Crippen LogP contribution >= 0.6 is 11.8 Å². The number of nitrogens with two attached hydrogens (primary N) is 1. The second-order valence-electron chi connectivity index (χ2n) is 8.52. The summed E-state index contributed by atoms with van der Waals surface area (Å²) in [6, 6.07) is 3.90. The van der Waals surface area contributed by atoms with Gasteiger partial charge in [0.15, 0.2) is 35.0 Å². The fraction of sp³-hybridized carbons (Fsp3) is 0.280. The molecule has 1 atom stereocenters. The number of fused-ring (bicyclic) bond motifs is 1. The minimum absolute atomic E-state index is 0.0334. The molecule has 1 aromatic carbocycles. The van der Waals surface area contributed by atoms with Crippen molar-refractivity contribution in [1.82, 2.24) is 15.0 Å². The van der Waals surface area contributed by atoms with Gasteiger partial charge in [-0.1, -0.05) is 11.8 Å². The van der Waals surface area contributed by atoms with Crippen LogP contribution in [0, 0.1) is 17.5 Å². The molecule has 3 aromatic heterocycles. The zero-order valence-corrected chi connectivity index (χ0v) is 21.6. The highest BCUT2D eigenvalue weighted by molar-refractivity contribution is 8.15. The molecule has 0 fully saturated rings. The Labute approximate surface area is 220 Å². The molecule has 4 rings (SSSR count). The number of hydrogen-bond acceptors (Lipinski definition) is 9. The van der Waals surface area contributed by atoms with Crippen molar-refractivity contribution >= 4 is 39.3 Å². The second-order valence-corrected chi connectivity index (χ2v) is 10.1. The third kappa shape index (κ3) is 6.34. The maximum Gasteiger partial charge on any atom is 0.232 e. The molecule has 9 nitrogen and oxygen atoms in total. The van der Waals surface area contributed by atoms with Crippen LogP contribution in [-0.2, 0) is 17.8 Å². The number of amidine groups is 1. The number of anilines is 2. The van der Waals surface area contributed by atoms with Crippen molar-refractivity contribution in [2.24, 2.45) is 10.7 Å². The summed E-state index contributed by atoms with van der Waals surface area (Å²) in [7, 11) is 3.05. The minimum Gasteiger partial charge on any atom is -0.482 e. The molecule has 200 valence electrons. The summed E-state index contributed by atoms with van der Waals surface area (Å²) in [4.78, 5) is 16.2. The number of nitrogens with zero attached hydrogens (tertiary/aromatic N) is 4. The van der Waals surface area contributed by atoms with Crippen molar-refractivity contribution in [1.29, 1.82) is 0 Å². The van der Waals surface area contributed by atoms with Gasteiger partial charge in [-0.2, -0.15) is 0 Å². The Morgan fingerprint density at radius 3 is 2.68 bits per heavy atom. The lowest BCUT2D eigenvalue weighted by Gasteiger charge is -2.28. The first-order valence-electron chi connectivity index (χ1n) is 11.3. The van der Waals surface area contributed by atoms with E-state index in [4.69, 9.17) is 19.6 Å². The number of halogens is 3. The largest absolute Gasteiger partial charge is 0.482 e. The lowest BCUT2D eigenvalue weighted by atomic mass is 9.99. The normalized spacial score (nSPS) is 13.5. The van der Waals surface area contributed by atoms with Crippen LogP contribution in [0.2, 0.25) is 0 Å². The zero-order chi connectivity index (χ0) is 27.3. The standard InChI is InChI=1S/C25H25F3N6O3S/c1-25(13-35-3,38-24(29)30-2)9-14-6-15(7-18(26)21(14)28)34-23-22-17(19(27)11-33-23)8-16(10-32-22)37-12-20-31-4-5-36-20/h4-8,10-11H,9,12-13H2,1-3H3,(H2,29,30)(H,33,34)/t25-/m1/s1. The number of nitrogens with one attached hydrogen (secondary N) is 1. The van der Waals surface area contributed by atoms with Gasteiger partial charge in [0.05, 0.1) is 25.2 Å². The highest BCUT2D eigenvalue weighted by atomic mass is 32.2. The maximum absolute atomic E-state index is 14.8. The van der Waals surface area contributed by atoms with Crippen LogP contribution in [0.4, 0.5) is 24.7 Å². The summed E-state index contributed by atoms with van der Waals surface area (Å²) < 4.78 is 59.3. The number of rotatable bonds is 10. The van der Waals surface area contributed by atoms with E-state index in [1.807, 2.05) is 6.92 Å². The number of ether oxygens (including phenoxy) is 2. The summed E-state index contributed by atoms with van der Waals surface area (Å²) >= 11 is 1.21. The number of hydrogen-bond donors (Lipinski definition) is 2. The number of oxazole rings is 1. The molecule has 0 aliphatic heterocycles. The Balaban J connectivity index is 1.62. The van der Waals surface area contributed by atoms with E-state index >= 15 is 0 Å². The molecule has 0 aliphatic rings. The smallest absolute Gasteiger partial charge is 0.232 e. The molecule has 13 heteroatoms. The van der Waals surface area contributed by atoms with Crippen molar-refractivity contribution in [3.8, 4) is 5.75 Å². The Morgan fingerprint density at radius 2 is 1.97 bits per heavy atom. The Hall–Kier alpha value is -3.84. The molecule has 3 heterocycles. The van der Waals surface area contributed by atoms with Gasteiger partial charge >= 0.3 is 0 Å². The first kappa shape index (κ1) is 27.2. The van der Waals surface area contributed by atoms with E-state index in [0.717, 1.165) is 12.3 Å². The second kappa shape index (κ2) is 11.7. The van der Waals surface area contributed by atoms with Crippen molar-refractivity contribution in [3.63, 3.8) is 0 Å². The lowest BCUT2D eigenvalue weighted by molar-refractivity contribution is 0.173. The van der Waals surface area contributed by atoms with E-state index in [-0.39, 0.29) is 58.5 Å². The number of aliphatic imine (C=N–C) groups is 1. The van der Waals surface area contributed by atoms with Crippen LogP contribution in [0.25, 0.3) is 10.9 Å². The fourth-order valence-corrected chi connectivity index (χ4v) is 4.82. The van der Waals surface area contributed by atoms with Gasteiger partial charge in [-0.05, 0) is 31.0 Å². The van der Waals surface area contributed by atoms with Crippen LogP contribution in [0.1, 0.15) is 18.4 Å². The summed E-state index contributed by atoms with van der Waals surface area (Å²) in [5.74, 6) is -1.91. The van der Waals surface area contributed by atoms with Gasteiger partial charge in [-0.25, -0.2) is 28.1 Å². The average molecular weight is 547 g/mol. The van der Waals surface area contributed by atoms with Crippen LogP contribution in [0.5, 0.6) is 5.75 Å². The quantitative estimate of drug-likeness (QED) is 0.209. The summed E-state index contributed by atoms with van der Waals surface area (Å²) in [5.41, 5.74) is 6.34. The molecule has 0 spiro atoms. The van der Waals surface area contributed by atoms with E-state index < -0.39 is 22.2 Å². The number of thioether (sulfide) groups is 1. The molecule has 4 aromatic rings. The number of methoxy groups -OCH3 is 1. The SMILES string of the molecule is C/N=C(/N)S[C@@](C)(COC)Cc1cc(Nc2ncc(F)c3cc(OCc4ncco4)cnc23)cc(F)c1F. The van der Waals surface area contributed by atoms with Crippen molar-refractivity contribution in [2.75, 3.05) is 26.1 Å². The van der Waals surface area contributed by atoms with Gasteiger partial charge in [0, 0.05) is 36.0 Å². The van der Waals surface area contributed by atoms with Crippen LogP contribution < -0.4 is 15.8 Å². The van der Waals surface area contributed by atoms with Gasteiger partial charge in [0.2, 0.25) is 5.89 Å². The zero-order valence-electron chi connectivity index (χ0n) is 20.8. The molecular formula is C25H25F3N6O3S. The fourth-order valence-electron chi connectivity index (χ4n) is 3.81. The van der Waals surface area contributed by atoms with Gasteiger partial charge in [-0.15, -0.1) is 0 Å². The monoisotopic (exact) mass is 546 g/mol. The van der Waals surface area contributed by atoms with E-state index in [1.54, 1.807) is 7.05 Å². The molecule has 0 unspecified atom stereocenters. The molecule has 0 bridgehead atoms. The Kier molecular flexibility index (Phi) is 8.37. The topological polar surface area (TPSA) is 121 Å². The van der Waals surface area contributed by atoms with Crippen molar-refractivity contribution in [2.45, 2.75) is 24.7 Å². The lowest BCUT2D eigenvalue weighted by Crippen LogP contribution is -2.33. The molecule has 0 aliphatic carbocycles. The number of benzene rings is 1. The Bertz CT molecular complexity index is 1450.